The van der Waals surface area contributed by atoms with Crippen LogP contribution >= 0.6 is 0 Å². The molecule has 1 unspecified atom stereocenters. The number of benzene rings is 3. The van der Waals surface area contributed by atoms with E-state index in [0.717, 1.165) is 17.0 Å². The fourth-order valence-corrected chi connectivity index (χ4v) is 4.13. The molecule has 1 aliphatic heterocycles. The molecule has 0 fully saturated rings. The molecule has 0 bridgehead atoms. The first kappa shape index (κ1) is 23.3. The predicted molar refractivity (Wildman–Crippen MR) is 124 cm³/mol. The van der Waals surface area contributed by atoms with E-state index in [4.69, 9.17) is 4.52 Å². The Labute approximate surface area is 202 Å². The van der Waals surface area contributed by atoms with E-state index in [2.05, 4.69) is 15.5 Å². The van der Waals surface area contributed by atoms with Crippen LogP contribution in [0.2, 0.25) is 0 Å². The summed E-state index contributed by atoms with van der Waals surface area (Å²) in [4.78, 5) is 18.8. The highest BCUT2D eigenvalue weighted by Gasteiger charge is 2.38. The molecule has 0 saturated carbocycles. The number of nitrogens with one attached hydrogen (secondary N) is 1. The smallest absolute Gasteiger partial charge is 0.334 e. The van der Waals surface area contributed by atoms with Gasteiger partial charge in [-0.05, 0) is 42.8 Å². The van der Waals surface area contributed by atoms with Gasteiger partial charge in [0, 0.05) is 11.3 Å². The number of allylic oxidation sites excluding steroid dienone is 1. The third kappa shape index (κ3) is 4.33. The second kappa shape index (κ2) is 8.95. The van der Waals surface area contributed by atoms with Crippen LogP contribution in [0.4, 0.5) is 28.0 Å². The average Bonchev–Trinajstić information content (AvgIpc) is 3.34. The normalized spacial score (nSPS) is 16.3. The second-order valence-electron chi connectivity index (χ2n) is 8.11. The number of alkyl halides is 3. The lowest BCUT2D eigenvalue weighted by molar-refractivity contribution is -0.137. The van der Waals surface area contributed by atoms with Crippen LogP contribution in [0.3, 0.4) is 0 Å². The molecule has 0 saturated heterocycles. The largest absolute Gasteiger partial charge is 0.416 e. The molecule has 2 heterocycles. The van der Waals surface area contributed by atoms with Gasteiger partial charge in [0.15, 0.2) is 0 Å². The summed E-state index contributed by atoms with van der Waals surface area (Å²) in [6.07, 6.45) is -4.59. The van der Waals surface area contributed by atoms with Crippen molar-refractivity contribution in [1.82, 2.24) is 15.5 Å². The topological polar surface area (TPSA) is 71.3 Å². The molecule has 182 valence electrons. The van der Waals surface area contributed by atoms with Gasteiger partial charge >= 0.3 is 12.2 Å². The molecule has 0 spiro atoms. The molecule has 36 heavy (non-hydrogen) atoms. The lowest BCUT2D eigenvalue weighted by Crippen LogP contribution is -2.46. The van der Waals surface area contributed by atoms with Gasteiger partial charge in [0.1, 0.15) is 5.82 Å². The van der Waals surface area contributed by atoms with Crippen LogP contribution in [-0.4, -0.2) is 16.2 Å². The van der Waals surface area contributed by atoms with E-state index >= 15 is 0 Å². The van der Waals surface area contributed by atoms with Crippen molar-refractivity contribution in [2.75, 3.05) is 4.90 Å². The number of anilines is 1. The maximum absolute atomic E-state index is 14.1. The van der Waals surface area contributed by atoms with Gasteiger partial charge in [-0.15, -0.1) is 0 Å². The van der Waals surface area contributed by atoms with Crippen LogP contribution in [0.1, 0.15) is 30.0 Å². The number of carbonyl (C=O) groups excluding carboxylic acids is 1. The van der Waals surface area contributed by atoms with Gasteiger partial charge < -0.3 is 9.84 Å². The Hall–Kier alpha value is -4.47. The number of halogens is 4. The molecule has 10 heteroatoms. The van der Waals surface area contributed by atoms with Crippen LogP contribution in [0, 0.1) is 5.82 Å². The predicted octanol–water partition coefficient (Wildman–Crippen LogP) is 6.60. The maximum atomic E-state index is 14.1. The summed E-state index contributed by atoms with van der Waals surface area (Å²) in [5.74, 6) is -0.196. The highest BCUT2D eigenvalue weighted by Crippen LogP contribution is 2.40. The van der Waals surface area contributed by atoms with Crippen molar-refractivity contribution in [3.05, 3.63) is 107 Å². The van der Waals surface area contributed by atoms with Gasteiger partial charge in [-0.25, -0.2) is 9.18 Å². The number of nitrogens with zero attached hydrogens (tertiary/aromatic N) is 3. The summed E-state index contributed by atoms with van der Waals surface area (Å²) in [5, 5.41) is 6.78. The Morgan fingerprint density at radius 2 is 1.72 bits per heavy atom. The molecule has 0 aliphatic carbocycles. The van der Waals surface area contributed by atoms with Gasteiger partial charge in [-0.2, -0.15) is 18.2 Å². The molecule has 1 aliphatic rings. The zero-order valence-corrected chi connectivity index (χ0v) is 18.8. The number of amides is 2. The standard InChI is InChI=1S/C26H18F4N4O2/c1-15-21(24-32-23(33-36-24)16-7-3-2-4-8-16)22(17-9-5-11-19(27)13-17)31-25(35)34(15)20-12-6-10-18(14-20)26(28,29)30/h2-14,22H,1H3,(H,31,35). The SMILES string of the molecule is CC1=C(c2nc(-c3ccccc3)no2)C(c2cccc(F)c2)NC(=O)N1c1cccc(C(F)(F)F)c1. The van der Waals surface area contributed by atoms with Crippen LogP contribution < -0.4 is 10.2 Å². The minimum atomic E-state index is -4.59. The molecular formula is C26H18F4N4O2. The monoisotopic (exact) mass is 494 g/mol. The van der Waals surface area contributed by atoms with E-state index < -0.39 is 29.6 Å². The van der Waals surface area contributed by atoms with Gasteiger partial charge in [0.05, 0.1) is 22.9 Å². The van der Waals surface area contributed by atoms with Crippen molar-refractivity contribution in [3.8, 4) is 11.4 Å². The summed E-state index contributed by atoms with van der Waals surface area (Å²) in [6.45, 7) is 1.56. The van der Waals surface area contributed by atoms with Crippen LogP contribution in [0.15, 0.2) is 89.1 Å². The number of hydrogen-bond acceptors (Lipinski definition) is 4. The second-order valence-corrected chi connectivity index (χ2v) is 8.11. The summed E-state index contributed by atoms with van der Waals surface area (Å²) >= 11 is 0. The zero-order chi connectivity index (χ0) is 25.4. The summed E-state index contributed by atoms with van der Waals surface area (Å²) in [5.41, 5.74) is 0.766. The number of aromatic nitrogens is 2. The van der Waals surface area contributed by atoms with E-state index in [1.807, 2.05) is 18.2 Å². The first-order chi connectivity index (χ1) is 17.2. The molecule has 1 atom stereocenters. The lowest BCUT2D eigenvalue weighted by atomic mass is 9.94. The Bertz CT molecular complexity index is 1460. The quantitative estimate of drug-likeness (QED) is 0.325. The molecule has 4 aromatic rings. The third-order valence-electron chi connectivity index (χ3n) is 5.79. The van der Waals surface area contributed by atoms with Crippen molar-refractivity contribution in [1.29, 1.82) is 0 Å². The number of rotatable bonds is 4. The zero-order valence-electron chi connectivity index (χ0n) is 18.8. The Morgan fingerprint density at radius 1 is 0.972 bits per heavy atom. The maximum Gasteiger partial charge on any atom is 0.416 e. The third-order valence-corrected chi connectivity index (χ3v) is 5.79. The fraction of sp³-hybridized carbons (Fsp3) is 0.115. The minimum Gasteiger partial charge on any atom is -0.334 e. The van der Waals surface area contributed by atoms with Crippen LogP contribution in [-0.2, 0) is 6.18 Å². The number of carbonyl (C=O) groups is 1. The fourth-order valence-electron chi connectivity index (χ4n) is 4.13. The van der Waals surface area contributed by atoms with Crippen molar-refractivity contribution in [2.45, 2.75) is 19.1 Å². The van der Waals surface area contributed by atoms with E-state index in [1.54, 1.807) is 25.1 Å². The molecular weight excluding hydrogens is 476 g/mol. The summed E-state index contributed by atoms with van der Waals surface area (Å²) in [6, 6.07) is 17.5. The minimum absolute atomic E-state index is 0.00202. The van der Waals surface area contributed by atoms with Crippen LogP contribution in [0.25, 0.3) is 17.0 Å². The van der Waals surface area contributed by atoms with E-state index in [1.165, 1.54) is 30.3 Å². The Morgan fingerprint density at radius 3 is 2.44 bits per heavy atom. The van der Waals surface area contributed by atoms with Crippen molar-refractivity contribution < 1.29 is 26.9 Å². The number of hydrogen-bond donors (Lipinski definition) is 1. The van der Waals surface area contributed by atoms with E-state index in [0.29, 0.717) is 16.7 Å². The van der Waals surface area contributed by atoms with Gasteiger partial charge in [0.25, 0.3) is 5.89 Å². The number of urea groups is 1. The molecule has 3 aromatic carbocycles. The first-order valence-electron chi connectivity index (χ1n) is 10.9. The summed E-state index contributed by atoms with van der Waals surface area (Å²) < 4.78 is 59.7. The van der Waals surface area contributed by atoms with Crippen molar-refractivity contribution >= 4 is 17.3 Å². The molecule has 2 amide bonds. The highest BCUT2D eigenvalue weighted by atomic mass is 19.4. The Kier molecular flexibility index (Phi) is 5.79. The van der Waals surface area contributed by atoms with Gasteiger partial charge in [-0.3, -0.25) is 4.90 Å². The molecule has 6 nitrogen and oxygen atoms in total. The van der Waals surface area contributed by atoms with Crippen molar-refractivity contribution in [3.63, 3.8) is 0 Å². The molecule has 1 N–H and O–H groups in total. The van der Waals surface area contributed by atoms with Crippen LogP contribution in [0.5, 0.6) is 0 Å². The van der Waals surface area contributed by atoms with Gasteiger partial charge in [-0.1, -0.05) is 53.7 Å². The lowest BCUT2D eigenvalue weighted by Gasteiger charge is -2.35. The molecule has 0 radical (unpaired) electrons. The average molecular weight is 494 g/mol. The summed E-state index contributed by atoms with van der Waals surface area (Å²) in [7, 11) is 0. The molecule has 5 rings (SSSR count). The van der Waals surface area contributed by atoms with Gasteiger partial charge in [0.2, 0.25) is 5.82 Å². The first-order valence-corrected chi connectivity index (χ1v) is 10.9. The van der Waals surface area contributed by atoms with E-state index in [-0.39, 0.29) is 23.1 Å². The Balaban J connectivity index is 1.67. The highest BCUT2D eigenvalue weighted by molar-refractivity contribution is 6.01. The molecule has 1 aromatic heterocycles. The van der Waals surface area contributed by atoms with Crippen molar-refractivity contribution in [2.24, 2.45) is 0 Å². The van der Waals surface area contributed by atoms with E-state index in [9.17, 15) is 22.4 Å².